The lowest BCUT2D eigenvalue weighted by Gasteiger charge is -2.06. The molecule has 1 aromatic carbocycles. The summed E-state index contributed by atoms with van der Waals surface area (Å²) in [5.74, 6) is 0. The first kappa shape index (κ1) is 21.1. The number of benzene rings is 1. The number of nitrogens with zero attached hydrogens (tertiary/aromatic N) is 4. The fraction of sp³-hybridized carbons (Fsp3) is 0.182. The maximum Gasteiger partial charge on any atom is 0.253 e. The number of oxime groups is 2. The van der Waals surface area contributed by atoms with Crippen molar-refractivity contribution in [3.05, 3.63) is 95.6 Å². The Morgan fingerprint density at radius 2 is 1.10 bits per heavy atom. The first-order chi connectivity index (χ1) is 14.8. The fourth-order valence-electron chi connectivity index (χ4n) is 2.82. The topological polar surface area (TPSA) is 91.4 Å². The fourth-order valence-corrected chi connectivity index (χ4v) is 2.82. The van der Waals surface area contributed by atoms with Gasteiger partial charge in [0.2, 0.25) is 11.4 Å². The summed E-state index contributed by atoms with van der Waals surface area (Å²) in [5, 5.41) is 23.6. The highest BCUT2D eigenvalue weighted by molar-refractivity contribution is 5.74. The number of hydrogen-bond acceptors (Lipinski definition) is 6. The van der Waals surface area contributed by atoms with Gasteiger partial charge in [-0.1, -0.05) is 34.6 Å². The highest BCUT2D eigenvalue weighted by Gasteiger charge is 2.09. The Balaban J connectivity index is 1.46. The first-order valence-electron chi connectivity index (χ1n) is 9.35. The Hall–Kier alpha value is -3.62. The van der Waals surface area contributed by atoms with E-state index in [4.69, 9.17) is 19.9 Å². The molecule has 2 N–H and O–H groups in total. The maximum atomic E-state index is 8.73. The minimum atomic E-state index is 0.348. The average Bonchev–Trinajstić information content (AvgIpc) is 2.78. The monoisotopic (exact) mass is 408 g/mol. The van der Waals surface area contributed by atoms with Gasteiger partial charge in [0.05, 0.1) is 13.2 Å². The third kappa shape index (κ3) is 6.20. The zero-order valence-electron chi connectivity index (χ0n) is 16.4. The van der Waals surface area contributed by atoms with Gasteiger partial charge in [-0.2, -0.15) is 9.13 Å². The smallest absolute Gasteiger partial charge is 0.253 e. The number of aromatic nitrogens is 2. The van der Waals surface area contributed by atoms with Gasteiger partial charge in [-0.15, -0.1) is 0 Å². The summed E-state index contributed by atoms with van der Waals surface area (Å²) in [6, 6.07) is 19.2. The standard InChI is InChI=1S/C22H22N4O4/c27-23-13-21-5-1-3-11-25(21)17-29-15-19-7-9-20(10-8-19)16-30-18-26-12-4-2-6-22(26)14-24-28/h1-14H,15-18H2/p+2. The van der Waals surface area contributed by atoms with Crippen LogP contribution in [0.25, 0.3) is 0 Å². The van der Waals surface area contributed by atoms with Crippen molar-refractivity contribution in [2.24, 2.45) is 10.3 Å². The molecule has 0 radical (unpaired) electrons. The van der Waals surface area contributed by atoms with Gasteiger partial charge in [0.1, 0.15) is 12.4 Å². The van der Waals surface area contributed by atoms with Gasteiger partial charge in [0.15, 0.2) is 12.4 Å². The van der Waals surface area contributed by atoms with Gasteiger partial charge in [0, 0.05) is 24.3 Å². The highest BCUT2D eigenvalue weighted by atomic mass is 16.5. The molecule has 0 aliphatic carbocycles. The van der Waals surface area contributed by atoms with E-state index in [1.165, 1.54) is 12.4 Å². The molecule has 3 rings (SSSR count). The van der Waals surface area contributed by atoms with E-state index in [1.807, 2.05) is 82.2 Å². The SMILES string of the molecule is O/N=C/c1cccc[n+]1COCc1ccc(COC[n+]2ccccc2/C=N/O)cc1. The molecule has 0 saturated heterocycles. The van der Waals surface area contributed by atoms with Crippen LogP contribution >= 0.6 is 0 Å². The largest absolute Gasteiger partial charge is 0.411 e. The molecule has 0 fully saturated rings. The molecule has 3 aromatic rings. The van der Waals surface area contributed by atoms with E-state index in [-0.39, 0.29) is 0 Å². The van der Waals surface area contributed by atoms with Crippen molar-refractivity contribution in [3.63, 3.8) is 0 Å². The van der Waals surface area contributed by atoms with Crippen molar-refractivity contribution < 1.29 is 29.0 Å². The summed E-state index contributed by atoms with van der Waals surface area (Å²) >= 11 is 0. The van der Waals surface area contributed by atoms with E-state index in [1.54, 1.807) is 0 Å². The molecule has 154 valence electrons. The van der Waals surface area contributed by atoms with Gasteiger partial charge in [-0.25, -0.2) is 0 Å². The summed E-state index contributed by atoms with van der Waals surface area (Å²) in [4.78, 5) is 0. The molecular weight excluding hydrogens is 384 g/mol. The molecule has 0 saturated carbocycles. The van der Waals surface area contributed by atoms with E-state index in [9.17, 15) is 0 Å². The molecule has 0 aliphatic rings. The van der Waals surface area contributed by atoms with E-state index in [2.05, 4.69) is 10.3 Å². The van der Waals surface area contributed by atoms with Crippen molar-refractivity contribution in [3.8, 4) is 0 Å². The lowest BCUT2D eigenvalue weighted by atomic mass is 10.1. The number of rotatable bonds is 10. The minimum absolute atomic E-state index is 0.348. The van der Waals surface area contributed by atoms with Crippen molar-refractivity contribution in [2.45, 2.75) is 26.7 Å². The Labute approximate surface area is 174 Å². The number of hydrogen-bond donors (Lipinski definition) is 2. The quantitative estimate of drug-likeness (QED) is 0.233. The van der Waals surface area contributed by atoms with Crippen LogP contribution in [0.2, 0.25) is 0 Å². The van der Waals surface area contributed by atoms with Gasteiger partial charge in [-0.05, 0) is 23.3 Å². The van der Waals surface area contributed by atoms with Crippen LogP contribution in [0.1, 0.15) is 22.5 Å². The van der Waals surface area contributed by atoms with E-state index < -0.39 is 0 Å². The molecule has 0 spiro atoms. The first-order valence-corrected chi connectivity index (χ1v) is 9.35. The second-order valence-corrected chi connectivity index (χ2v) is 6.45. The molecule has 8 heteroatoms. The lowest BCUT2D eigenvalue weighted by Crippen LogP contribution is -2.39. The third-order valence-corrected chi connectivity index (χ3v) is 4.35. The molecule has 2 aromatic heterocycles. The number of pyridine rings is 2. The maximum absolute atomic E-state index is 8.73. The highest BCUT2D eigenvalue weighted by Crippen LogP contribution is 2.07. The lowest BCUT2D eigenvalue weighted by molar-refractivity contribution is -0.734. The van der Waals surface area contributed by atoms with Crippen LogP contribution in [0.4, 0.5) is 0 Å². The van der Waals surface area contributed by atoms with Crippen LogP contribution < -0.4 is 9.13 Å². The Morgan fingerprint density at radius 3 is 1.50 bits per heavy atom. The average molecular weight is 408 g/mol. The second kappa shape index (κ2) is 11.4. The molecule has 0 atom stereocenters. The Morgan fingerprint density at radius 1 is 0.667 bits per heavy atom. The van der Waals surface area contributed by atoms with E-state index in [0.29, 0.717) is 26.7 Å². The molecule has 2 heterocycles. The van der Waals surface area contributed by atoms with Gasteiger partial charge < -0.3 is 19.9 Å². The normalized spacial score (nSPS) is 11.5. The van der Waals surface area contributed by atoms with Crippen LogP contribution in [0.3, 0.4) is 0 Å². The number of ether oxygens (including phenoxy) is 2. The molecule has 30 heavy (non-hydrogen) atoms. The molecular formula is C22H24N4O4+2. The van der Waals surface area contributed by atoms with Gasteiger partial charge in [-0.3, -0.25) is 0 Å². The van der Waals surface area contributed by atoms with Crippen molar-refractivity contribution >= 4 is 12.4 Å². The second-order valence-electron chi connectivity index (χ2n) is 6.45. The molecule has 0 unspecified atom stereocenters. The van der Waals surface area contributed by atoms with Crippen LogP contribution in [0, 0.1) is 0 Å². The molecule has 0 aliphatic heterocycles. The summed E-state index contributed by atoms with van der Waals surface area (Å²) in [5.41, 5.74) is 3.59. The summed E-state index contributed by atoms with van der Waals surface area (Å²) in [7, 11) is 0. The molecule has 8 nitrogen and oxygen atoms in total. The van der Waals surface area contributed by atoms with Crippen molar-refractivity contribution in [2.75, 3.05) is 0 Å². The van der Waals surface area contributed by atoms with Crippen molar-refractivity contribution in [1.29, 1.82) is 0 Å². The van der Waals surface area contributed by atoms with E-state index in [0.717, 1.165) is 22.5 Å². The molecule has 0 amide bonds. The van der Waals surface area contributed by atoms with Crippen LogP contribution in [-0.4, -0.2) is 22.8 Å². The summed E-state index contributed by atoms with van der Waals surface area (Å²) in [6.45, 7) is 1.62. The predicted octanol–water partition coefficient (Wildman–Crippen LogP) is 2.23. The van der Waals surface area contributed by atoms with Gasteiger partial charge >= 0.3 is 0 Å². The van der Waals surface area contributed by atoms with E-state index >= 15 is 0 Å². The summed E-state index contributed by atoms with van der Waals surface area (Å²) < 4.78 is 15.2. The minimum Gasteiger partial charge on any atom is -0.411 e. The molecule has 0 bridgehead atoms. The third-order valence-electron chi connectivity index (χ3n) is 4.35. The van der Waals surface area contributed by atoms with Gasteiger partial charge in [0.25, 0.3) is 13.5 Å². The van der Waals surface area contributed by atoms with Crippen LogP contribution in [-0.2, 0) is 36.1 Å². The van der Waals surface area contributed by atoms with Crippen LogP contribution in [0.5, 0.6) is 0 Å². The zero-order chi connectivity index (χ0) is 21.0. The summed E-state index contributed by atoms with van der Waals surface area (Å²) in [6.07, 6.45) is 6.46. The predicted molar refractivity (Wildman–Crippen MR) is 108 cm³/mol. The van der Waals surface area contributed by atoms with Crippen molar-refractivity contribution in [1.82, 2.24) is 0 Å². The Bertz CT molecular complexity index is 910. The Kier molecular flexibility index (Phi) is 8.02. The van der Waals surface area contributed by atoms with Crippen LogP contribution in [0.15, 0.2) is 83.4 Å². The zero-order valence-corrected chi connectivity index (χ0v) is 16.4.